The lowest BCUT2D eigenvalue weighted by Gasteiger charge is -2.22. The normalized spacial score (nSPS) is 17.1. The molecule has 6 heteroatoms. The van der Waals surface area contributed by atoms with E-state index < -0.39 is 0 Å². The number of carbonyl (C=O) groups is 1. The van der Waals surface area contributed by atoms with Crippen LogP contribution in [0.5, 0.6) is 0 Å². The van der Waals surface area contributed by atoms with Crippen molar-refractivity contribution in [3.8, 4) is 11.4 Å². The van der Waals surface area contributed by atoms with Gasteiger partial charge in [-0.1, -0.05) is 46.6 Å². The second kappa shape index (κ2) is 6.92. The zero-order valence-electron chi connectivity index (χ0n) is 14.4. The Morgan fingerprint density at radius 1 is 1.15 bits per heavy atom. The van der Waals surface area contributed by atoms with E-state index in [2.05, 4.69) is 22.3 Å². The highest BCUT2D eigenvalue weighted by Gasteiger charge is 2.36. The largest absolute Gasteiger partial charge is 0.337 e. The van der Waals surface area contributed by atoms with E-state index in [1.54, 1.807) is 12.1 Å². The van der Waals surface area contributed by atoms with Gasteiger partial charge in [-0.2, -0.15) is 4.98 Å². The summed E-state index contributed by atoms with van der Waals surface area (Å²) in [6, 6.07) is 15.3. The molecule has 0 radical (unpaired) electrons. The smallest absolute Gasteiger partial charge is 0.249 e. The molecule has 1 unspecified atom stereocenters. The number of carbonyl (C=O) groups excluding carboxylic acids is 1. The molecule has 1 atom stereocenters. The van der Waals surface area contributed by atoms with Crippen LogP contribution in [0.1, 0.15) is 35.9 Å². The van der Waals surface area contributed by atoms with E-state index in [9.17, 15) is 4.79 Å². The van der Waals surface area contributed by atoms with Crippen LogP contribution in [0.25, 0.3) is 11.4 Å². The molecular formula is C20H18ClN3O2. The average molecular weight is 368 g/mol. The zero-order valence-corrected chi connectivity index (χ0v) is 15.1. The maximum absolute atomic E-state index is 12.4. The van der Waals surface area contributed by atoms with Crippen LogP contribution in [0.15, 0.2) is 53.1 Å². The zero-order chi connectivity index (χ0) is 18.1. The molecule has 0 aliphatic carbocycles. The van der Waals surface area contributed by atoms with Crippen molar-refractivity contribution in [3.63, 3.8) is 0 Å². The van der Waals surface area contributed by atoms with Gasteiger partial charge in [-0.3, -0.25) is 4.79 Å². The summed E-state index contributed by atoms with van der Waals surface area (Å²) >= 11 is 5.92. The first-order valence-electron chi connectivity index (χ1n) is 8.55. The van der Waals surface area contributed by atoms with Gasteiger partial charge in [0.2, 0.25) is 17.6 Å². The summed E-state index contributed by atoms with van der Waals surface area (Å²) < 4.78 is 5.48. The highest BCUT2D eigenvalue weighted by molar-refractivity contribution is 6.30. The molecule has 2 aromatic carbocycles. The Hall–Kier alpha value is -2.66. The van der Waals surface area contributed by atoms with Gasteiger partial charge >= 0.3 is 0 Å². The minimum Gasteiger partial charge on any atom is -0.337 e. The van der Waals surface area contributed by atoms with Crippen molar-refractivity contribution in [1.82, 2.24) is 15.0 Å². The van der Waals surface area contributed by atoms with Crippen molar-refractivity contribution in [3.05, 3.63) is 70.6 Å². The van der Waals surface area contributed by atoms with Gasteiger partial charge in [-0.15, -0.1) is 0 Å². The fourth-order valence-corrected chi connectivity index (χ4v) is 3.29. The Kier molecular flexibility index (Phi) is 4.47. The summed E-state index contributed by atoms with van der Waals surface area (Å²) in [6.07, 6.45) is 1.18. The third kappa shape index (κ3) is 3.35. The Morgan fingerprint density at radius 3 is 2.62 bits per heavy atom. The summed E-state index contributed by atoms with van der Waals surface area (Å²) in [4.78, 5) is 18.7. The second-order valence-electron chi connectivity index (χ2n) is 6.52. The van der Waals surface area contributed by atoms with Crippen LogP contribution in [0, 0.1) is 6.92 Å². The molecule has 1 fully saturated rings. The molecule has 1 aliphatic rings. The van der Waals surface area contributed by atoms with E-state index in [0.717, 1.165) is 11.1 Å². The van der Waals surface area contributed by atoms with Crippen molar-refractivity contribution in [2.24, 2.45) is 0 Å². The summed E-state index contributed by atoms with van der Waals surface area (Å²) in [6.45, 7) is 2.59. The fourth-order valence-electron chi connectivity index (χ4n) is 3.17. The Bertz CT molecular complexity index is 919. The Morgan fingerprint density at radius 2 is 1.88 bits per heavy atom. The van der Waals surface area contributed by atoms with Crippen LogP contribution in [-0.2, 0) is 11.3 Å². The van der Waals surface area contributed by atoms with Crippen molar-refractivity contribution in [2.45, 2.75) is 32.4 Å². The van der Waals surface area contributed by atoms with E-state index in [1.807, 2.05) is 36.1 Å². The molecular weight excluding hydrogens is 350 g/mol. The predicted molar refractivity (Wildman–Crippen MR) is 98.4 cm³/mol. The lowest BCUT2D eigenvalue weighted by molar-refractivity contribution is -0.129. The number of likely N-dealkylation sites (tertiary alicyclic amines) is 1. The molecule has 2 heterocycles. The Balaban J connectivity index is 1.57. The third-order valence-corrected chi connectivity index (χ3v) is 4.88. The van der Waals surface area contributed by atoms with E-state index in [-0.39, 0.29) is 11.9 Å². The standard InChI is InChI=1S/C20H18ClN3O2/c1-13-2-4-14(5-3-13)12-24-17(10-11-18(24)25)20-22-19(23-26-20)15-6-8-16(21)9-7-15/h2-9,17H,10-12H2,1H3. The van der Waals surface area contributed by atoms with Gasteiger partial charge in [0.15, 0.2) is 0 Å². The molecule has 0 spiro atoms. The fraction of sp³-hybridized carbons (Fsp3) is 0.250. The highest BCUT2D eigenvalue weighted by atomic mass is 35.5. The van der Waals surface area contributed by atoms with Crippen molar-refractivity contribution in [2.75, 3.05) is 0 Å². The number of hydrogen-bond donors (Lipinski definition) is 0. The summed E-state index contributed by atoms with van der Waals surface area (Å²) in [5.41, 5.74) is 3.12. The minimum absolute atomic E-state index is 0.113. The number of halogens is 1. The molecule has 4 rings (SSSR count). The van der Waals surface area contributed by atoms with Gasteiger partial charge in [-0.25, -0.2) is 0 Å². The van der Waals surface area contributed by atoms with Crippen LogP contribution in [0.3, 0.4) is 0 Å². The van der Waals surface area contributed by atoms with Crippen LogP contribution >= 0.6 is 11.6 Å². The van der Waals surface area contributed by atoms with Crippen molar-refractivity contribution >= 4 is 17.5 Å². The lowest BCUT2D eigenvalue weighted by Crippen LogP contribution is -2.27. The highest BCUT2D eigenvalue weighted by Crippen LogP contribution is 2.34. The number of benzene rings is 2. The molecule has 132 valence electrons. The van der Waals surface area contributed by atoms with Crippen LogP contribution in [0.2, 0.25) is 5.02 Å². The first-order valence-corrected chi connectivity index (χ1v) is 8.92. The van der Waals surface area contributed by atoms with Crippen molar-refractivity contribution in [1.29, 1.82) is 0 Å². The second-order valence-corrected chi connectivity index (χ2v) is 6.96. The number of rotatable bonds is 4. The summed E-state index contributed by atoms with van der Waals surface area (Å²) in [7, 11) is 0. The number of hydrogen-bond acceptors (Lipinski definition) is 4. The first kappa shape index (κ1) is 16.8. The van der Waals surface area contributed by atoms with E-state index in [4.69, 9.17) is 16.1 Å². The topological polar surface area (TPSA) is 59.2 Å². The molecule has 0 N–H and O–H groups in total. The molecule has 0 saturated carbocycles. The minimum atomic E-state index is -0.183. The average Bonchev–Trinajstić information content (AvgIpc) is 3.25. The summed E-state index contributed by atoms with van der Waals surface area (Å²) in [5.74, 6) is 1.10. The van der Waals surface area contributed by atoms with Crippen LogP contribution in [0.4, 0.5) is 0 Å². The predicted octanol–water partition coefficient (Wildman–Crippen LogP) is 4.56. The molecule has 5 nitrogen and oxygen atoms in total. The monoisotopic (exact) mass is 367 g/mol. The number of aromatic nitrogens is 2. The van der Waals surface area contributed by atoms with Gasteiger partial charge < -0.3 is 9.42 Å². The SMILES string of the molecule is Cc1ccc(CN2C(=O)CCC2c2nc(-c3ccc(Cl)cc3)no2)cc1. The third-order valence-electron chi connectivity index (χ3n) is 4.63. The lowest BCUT2D eigenvalue weighted by atomic mass is 10.1. The van der Waals surface area contributed by atoms with E-state index in [0.29, 0.717) is 36.1 Å². The van der Waals surface area contributed by atoms with Crippen LogP contribution < -0.4 is 0 Å². The van der Waals surface area contributed by atoms with Gasteiger partial charge in [0.1, 0.15) is 6.04 Å². The quantitative estimate of drug-likeness (QED) is 0.678. The van der Waals surface area contributed by atoms with Gasteiger partial charge in [0.25, 0.3) is 0 Å². The Labute approximate surface area is 156 Å². The van der Waals surface area contributed by atoms with E-state index >= 15 is 0 Å². The maximum atomic E-state index is 12.4. The van der Waals surface area contributed by atoms with Gasteiger partial charge in [0.05, 0.1) is 0 Å². The maximum Gasteiger partial charge on any atom is 0.249 e. The molecule has 0 bridgehead atoms. The van der Waals surface area contributed by atoms with Gasteiger partial charge in [-0.05, 0) is 43.2 Å². The first-order chi connectivity index (χ1) is 12.6. The molecule has 3 aromatic rings. The number of nitrogens with zero attached hydrogens (tertiary/aromatic N) is 3. The molecule has 1 aromatic heterocycles. The van der Waals surface area contributed by atoms with Gasteiger partial charge in [0, 0.05) is 23.6 Å². The number of amides is 1. The van der Waals surface area contributed by atoms with Crippen molar-refractivity contribution < 1.29 is 9.32 Å². The van der Waals surface area contributed by atoms with E-state index in [1.165, 1.54) is 5.56 Å². The molecule has 26 heavy (non-hydrogen) atoms. The summed E-state index contributed by atoms with van der Waals surface area (Å²) in [5, 5.41) is 4.73. The molecule has 1 saturated heterocycles. The molecule has 1 aliphatic heterocycles. The molecule has 1 amide bonds. The number of aryl methyl sites for hydroxylation is 1. The van der Waals surface area contributed by atoms with Crippen LogP contribution in [-0.4, -0.2) is 20.9 Å².